The predicted molar refractivity (Wildman–Crippen MR) is 102 cm³/mol. The molecule has 0 atom stereocenters. The van der Waals surface area contributed by atoms with Crippen molar-refractivity contribution < 1.29 is 4.39 Å². The van der Waals surface area contributed by atoms with Crippen LogP contribution in [-0.4, -0.2) is 19.1 Å². The smallest absolute Gasteiger partial charge is 0.140 e. The first-order valence-corrected chi connectivity index (χ1v) is 8.95. The second kappa shape index (κ2) is 6.92. The normalized spacial score (nSPS) is 11.3. The molecule has 4 aromatic rings. The lowest BCUT2D eigenvalue weighted by Crippen LogP contribution is -2.09. The lowest BCUT2D eigenvalue weighted by molar-refractivity contribution is 0.623. The third-order valence-electron chi connectivity index (χ3n) is 4.35. The van der Waals surface area contributed by atoms with E-state index in [2.05, 4.69) is 16.5 Å². The third-order valence-corrected chi connectivity index (χ3v) is 4.58. The van der Waals surface area contributed by atoms with E-state index in [1.807, 2.05) is 35.0 Å². The topological polar surface area (TPSA) is 35.6 Å². The molecule has 0 amide bonds. The number of nitrogens with zero attached hydrogens (tertiary/aromatic N) is 4. The van der Waals surface area contributed by atoms with Gasteiger partial charge in [-0.05, 0) is 36.8 Å². The van der Waals surface area contributed by atoms with Crippen molar-refractivity contribution in [1.29, 1.82) is 0 Å². The van der Waals surface area contributed by atoms with E-state index in [4.69, 9.17) is 16.6 Å². The van der Waals surface area contributed by atoms with Crippen LogP contribution in [0.15, 0.2) is 54.9 Å². The lowest BCUT2D eigenvalue weighted by atomic mass is 10.2. The third kappa shape index (κ3) is 3.10. The molecule has 2 aromatic heterocycles. The van der Waals surface area contributed by atoms with E-state index in [-0.39, 0.29) is 5.82 Å². The Hall–Kier alpha value is -2.66. The van der Waals surface area contributed by atoms with Gasteiger partial charge in [0.25, 0.3) is 0 Å². The van der Waals surface area contributed by atoms with E-state index in [9.17, 15) is 4.39 Å². The molecule has 26 heavy (non-hydrogen) atoms. The van der Waals surface area contributed by atoms with E-state index in [1.165, 1.54) is 12.1 Å². The Morgan fingerprint density at radius 3 is 2.85 bits per heavy atom. The first-order chi connectivity index (χ1) is 12.7. The molecule has 6 heteroatoms. The zero-order valence-electron chi connectivity index (χ0n) is 14.4. The maximum Gasteiger partial charge on any atom is 0.140 e. The Bertz CT molecular complexity index is 1070. The molecular formula is C20H18ClFN4. The Kier molecular flexibility index (Phi) is 4.47. The van der Waals surface area contributed by atoms with Crippen molar-refractivity contribution in [2.45, 2.75) is 26.4 Å². The van der Waals surface area contributed by atoms with Gasteiger partial charge in [0.2, 0.25) is 0 Å². The number of imidazole rings is 2. The number of halogens is 2. The average molecular weight is 369 g/mol. The Labute approximate surface area is 155 Å². The second-order valence-electron chi connectivity index (χ2n) is 6.20. The lowest BCUT2D eigenvalue weighted by Gasteiger charge is -2.11. The number of rotatable bonds is 5. The number of hydrogen-bond donors (Lipinski definition) is 0. The Balaban J connectivity index is 1.77. The van der Waals surface area contributed by atoms with Crippen LogP contribution in [0.4, 0.5) is 4.39 Å². The summed E-state index contributed by atoms with van der Waals surface area (Å²) >= 11 is 6.17. The molecule has 2 heterocycles. The van der Waals surface area contributed by atoms with E-state index < -0.39 is 0 Å². The highest BCUT2D eigenvalue weighted by atomic mass is 35.5. The quantitative estimate of drug-likeness (QED) is 0.488. The summed E-state index contributed by atoms with van der Waals surface area (Å²) in [4.78, 5) is 9.19. The van der Waals surface area contributed by atoms with Gasteiger partial charge in [-0.2, -0.15) is 0 Å². The van der Waals surface area contributed by atoms with E-state index in [0.717, 1.165) is 41.2 Å². The monoisotopic (exact) mass is 368 g/mol. The van der Waals surface area contributed by atoms with Crippen LogP contribution in [0.3, 0.4) is 0 Å². The summed E-state index contributed by atoms with van der Waals surface area (Å²) in [6.45, 7) is 3.55. The van der Waals surface area contributed by atoms with Crippen LogP contribution in [0, 0.1) is 5.82 Å². The van der Waals surface area contributed by atoms with Gasteiger partial charge >= 0.3 is 0 Å². The van der Waals surface area contributed by atoms with Crippen molar-refractivity contribution in [2.75, 3.05) is 0 Å². The number of fused-ring (bicyclic) bond motifs is 1. The second-order valence-corrected chi connectivity index (χ2v) is 6.64. The van der Waals surface area contributed by atoms with E-state index in [0.29, 0.717) is 11.6 Å². The predicted octanol–water partition coefficient (Wildman–Crippen LogP) is 5.15. The van der Waals surface area contributed by atoms with Crippen molar-refractivity contribution in [1.82, 2.24) is 19.1 Å². The molecule has 0 spiro atoms. The molecule has 132 valence electrons. The molecule has 0 unspecified atom stereocenters. The summed E-state index contributed by atoms with van der Waals surface area (Å²) < 4.78 is 17.8. The minimum absolute atomic E-state index is 0.273. The van der Waals surface area contributed by atoms with Gasteiger partial charge in [-0.3, -0.25) is 0 Å². The zero-order valence-corrected chi connectivity index (χ0v) is 15.1. The van der Waals surface area contributed by atoms with Crippen LogP contribution < -0.4 is 0 Å². The molecule has 0 N–H and O–H groups in total. The minimum atomic E-state index is -0.273. The summed E-state index contributed by atoms with van der Waals surface area (Å²) in [7, 11) is 0. The van der Waals surface area contributed by atoms with Crippen LogP contribution >= 0.6 is 11.6 Å². The molecule has 4 nitrogen and oxygen atoms in total. The van der Waals surface area contributed by atoms with Crippen molar-refractivity contribution in [3.63, 3.8) is 0 Å². The maximum absolute atomic E-state index is 13.6. The van der Waals surface area contributed by atoms with Crippen molar-refractivity contribution in [3.8, 4) is 11.4 Å². The molecule has 0 saturated carbocycles. The summed E-state index contributed by atoms with van der Waals surface area (Å²) in [6, 6.07) is 12.2. The standard InChI is InChI=1S/C20H18ClFN4/c1-2-9-26-18-12-15(21)6-7-17(18)24-19(26)13-25-10-8-23-20(25)14-4-3-5-16(22)11-14/h3-8,10-12H,2,9,13H2,1H3. The molecule has 4 rings (SSSR count). The summed E-state index contributed by atoms with van der Waals surface area (Å²) in [5, 5.41) is 0.699. The highest BCUT2D eigenvalue weighted by molar-refractivity contribution is 6.31. The number of aromatic nitrogens is 4. The first-order valence-electron chi connectivity index (χ1n) is 8.57. The van der Waals surface area contributed by atoms with Crippen LogP contribution in [0.2, 0.25) is 5.02 Å². The van der Waals surface area contributed by atoms with E-state index >= 15 is 0 Å². The number of hydrogen-bond acceptors (Lipinski definition) is 2. The van der Waals surface area contributed by atoms with Crippen LogP contribution in [0.5, 0.6) is 0 Å². The van der Waals surface area contributed by atoms with Gasteiger partial charge in [-0.25, -0.2) is 14.4 Å². The molecule has 0 aliphatic rings. The number of aryl methyl sites for hydroxylation is 1. The molecule has 0 radical (unpaired) electrons. The maximum atomic E-state index is 13.6. The average Bonchev–Trinajstić information content (AvgIpc) is 3.21. The molecule has 0 fully saturated rings. The highest BCUT2D eigenvalue weighted by Gasteiger charge is 2.14. The van der Waals surface area contributed by atoms with Crippen LogP contribution in [-0.2, 0) is 13.1 Å². The molecule has 0 saturated heterocycles. The fourth-order valence-electron chi connectivity index (χ4n) is 3.22. The van der Waals surface area contributed by atoms with Crippen LogP contribution in [0.25, 0.3) is 22.4 Å². The minimum Gasteiger partial charge on any atom is -0.326 e. The summed E-state index contributed by atoms with van der Waals surface area (Å²) in [5.74, 6) is 1.38. The van der Waals surface area contributed by atoms with Gasteiger partial charge in [0.1, 0.15) is 17.5 Å². The van der Waals surface area contributed by atoms with Gasteiger partial charge < -0.3 is 9.13 Å². The molecular weight excluding hydrogens is 351 g/mol. The van der Waals surface area contributed by atoms with Gasteiger partial charge in [0.05, 0.1) is 17.6 Å². The fraction of sp³-hybridized carbons (Fsp3) is 0.200. The molecule has 0 bridgehead atoms. The Morgan fingerprint density at radius 2 is 2.04 bits per heavy atom. The van der Waals surface area contributed by atoms with Crippen molar-refractivity contribution in [3.05, 3.63) is 71.5 Å². The van der Waals surface area contributed by atoms with Gasteiger partial charge in [-0.1, -0.05) is 30.7 Å². The Morgan fingerprint density at radius 1 is 1.15 bits per heavy atom. The largest absolute Gasteiger partial charge is 0.326 e. The SMILES string of the molecule is CCCn1c(Cn2ccnc2-c2cccc(F)c2)nc2ccc(Cl)cc21. The van der Waals surface area contributed by atoms with Crippen molar-refractivity contribution >= 4 is 22.6 Å². The van der Waals surface area contributed by atoms with Gasteiger partial charge in [-0.15, -0.1) is 0 Å². The first kappa shape index (κ1) is 16.8. The summed E-state index contributed by atoms with van der Waals surface area (Å²) in [6.07, 6.45) is 4.61. The van der Waals surface area contributed by atoms with Crippen LogP contribution in [0.1, 0.15) is 19.2 Å². The molecule has 2 aromatic carbocycles. The van der Waals surface area contributed by atoms with Gasteiger partial charge in [0.15, 0.2) is 0 Å². The summed E-state index contributed by atoms with van der Waals surface area (Å²) in [5.41, 5.74) is 2.70. The van der Waals surface area contributed by atoms with Gasteiger partial charge in [0, 0.05) is 29.5 Å². The molecule has 0 aliphatic carbocycles. The zero-order chi connectivity index (χ0) is 18.1. The van der Waals surface area contributed by atoms with Crippen molar-refractivity contribution in [2.24, 2.45) is 0 Å². The highest BCUT2D eigenvalue weighted by Crippen LogP contribution is 2.24. The van der Waals surface area contributed by atoms with E-state index in [1.54, 1.807) is 12.3 Å². The number of benzene rings is 2. The fourth-order valence-corrected chi connectivity index (χ4v) is 3.38. The molecule has 0 aliphatic heterocycles.